The van der Waals surface area contributed by atoms with Crippen molar-refractivity contribution >= 4 is 29.3 Å². The monoisotopic (exact) mass is 421 g/mol. The lowest BCUT2D eigenvalue weighted by Gasteiger charge is -2.32. The Bertz CT molecular complexity index is 883. The van der Waals surface area contributed by atoms with Crippen molar-refractivity contribution in [3.63, 3.8) is 0 Å². The molecule has 2 aromatic carbocycles. The van der Waals surface area contributed by atoms with Gasteiger partial charge in [-0.05, 0) is 66.8 Å². The summed E-state index contributed by atoms with van der Waals surface area (Å²) in [7, 11) is 1.61. The highest BCUT2D eigenvalue weighted by atomic mass is 16.5. The van der Waals surface area contributed by atoms with Crippen molar-refractivity contribution in [3.05, 3.63) is 60.2 Å². The van der Waals surface area contributed by atoms with Crippen LogP contribution in [0.3, 0.4) is 0 Å². The number of hydrogen-bond acceptors (Lipinski definition) is 4. The van der Waals surface area contributed by atoms with Gasteiger partial charge in [0.15, 0.2) is 0 Å². The second-order valence-electron chi connectivity index (χ2n) is 7.91. The summed E-state index contributed by atoms with van der Waals surface area (Å²) < 4.78 is 5.11. The molecule has 2 N–H and O–H groups in total. The fourth-order valence-corrected chi connectivity index (χ4v) is 3.49. The number of carbonyl (C=O) groups excluding carboxylic acids is 2. The molecule has 31 heavy (non-hydrogen) atoms. The van der Waals surface area contributed by atoms with Crippen molar-refractivity contribution in [2.75, 3.05) is 37.0 Å². The first kappa shape index (κ1) is 22.4. The van der Waals surface area contributed by atoms with Gasteiger partial charge in [0.1, 0.15) is 5.75 Å². The fourth-order valence-electron chi connectivity index (χ4n) is 3.49. The first-order valence-corrected chi connectivity index (χ1v) is 10.8. The van der Waals surface area contributed by atoms with Crippen LogP contribution in [0, 0.1) is 5.92 Å². The molecule has 0 spiro atoms. The van der Waals surface area contributed by atoms with Crippen LogP contribution in [0.4, 0.5) is 11.4 Å². The van der Waals surface area contributed by atoms with E-state index in [-0.39, 0.29) is 24.8 Å². The third-order valence-corrected chi connectivity index (χ3v) is 5.49. The first-order valence-electron chi connectivity index (χ1n) is 10.8. The Kier molecular flexibility index (Phi) is 8.10. The van der Waals surface area contributed by atoms with E-state index in [0.717, 1.165) is 36.0 Å². The second-order valence-corrected chi connectivity index (χ2v) is 7.91. The van der Waals surface area contributed by atoms with Crippen molar-refractivity contribution in [1.82, 2.24) is 5.32 Å². The highest BCUT2D eigenvalue weighted by molar-refractivity contribution is 5.93. The summed E-state index contributed by atoms with van der Waals surface area (Å²) in [6, 6.07) is 15.4. The molecule has 2 amide bonds. The summed E-state index contributed by atoms with van der Waals surface area (Å²) in [4.78, 5) is 26.5. The molecular formula is C25H31N3O3. The van der Waals surface area contributed by atoms with E-state index in [1.165, 1.54) is 24.6 Å². The lowest BCUT2D eigenvalue weighted by Crippen LogP contribution is -2.32. The molecular weight excluding hydrogens is 390 g/mol. The van der Waals surface area contributed by atoms with Crippen molar-refractivity contribution < 1.29 is 14.3 Å². The minimum atomic E-state index is -0.233. The number of hydrogen-bond donors (Lipinski definition) is 2. The van der Waals surface area contributed by atoms with Gasteiger partial charge in [0.2, 0.25) is 11.8 Å². The molecule has 1 aliphatic rings. The van der Waals surface area contributed by atoms with Gasteiger partial charge >= 0.3 is 0 Å². The lowest BCUT2D eigenvalue weighted by molar-refractivity contribution is -0.117. The van der Waals surface area contributed by atoms with E-state index in [2.05, 4.69) is 34.6 Å². The number of rotatable bonds is 8. The largest absolute Gasteiger partial charge is 0.497 e. The Labute approximate surface area is 184 Å². The van der Waals surface area contributed by atoms with Crippen molar-refractivity contribution in [2.24, 2.45) is 5.92 Å². The number of nitrogens with zero attached hydrogens (tertiary/aromatic N) is 1. The van der Waals surface area contributed by atoms with Crippen molar-refractivity contribution in [1.29, 1.82) is 0 Å². The Morgan fingerprint density at radius 1 is 1.06 bits per heavy atom. The van der Waals surface area contributed by atoms with Crippen LogP contribution in [-0.4, -0.2) is 38.6 Å². The predicted molar refractivity (Wildman–Crippen MR) is 125 cm³/mol. The van der Waals surface area contributed by atoms with Crippen molar-refractivity contribution in [2.45, 2.75) is 26.2 Å². The molecule has 1 heterocycles. The van der Waals surface area contributed by atoms with Gasteiger partial charge in [0.05, 0.1) is 7.11 Å². The minimum Gasteiger partial charge on any atom is -0.497 e. The number of amides is 2. The minimum absolute atomic E-state index is 0.126. The number of carbonyl (C=O) groups is 2. The molecule has 1 aliphatic heterocycles. The van der Waals surface area contributed by atoms with Crippen molar-refractivity contribution in [3.8, 4) is 5.75 Å². The molecule has 6 heteroatoms. The maximum Gasteiger partial charge on any atom is 0.244 e. The molecule has 0 radical (unpaired) electrons. The molecule has 0 atom stereocenters. The van der Waals surface area contributed by atoms with Gasteiger partial charge in [-0.15, -0.1) is 0 Å². The normalized spacial score (nSPS) is 14.5. The average molecular weight is 422 g/mol. The molecule has 0 bridgehead atoms. The molecule has 0 saturated carbocycles. The number of ether oxygens (including phenoxy) is 1. The van der Waals surface area contributed by atoms with Crippen LogP contribution in [0.5, 0.6) is 5.75 Å². The van der Waals surface area contributed by atoms with Crippen LogP contribution in [0.25, 0.3) is 6.08 Å². The number of benzene rings is 2. The van der Waals surface area contributed by atoms with Gasteiger partial charge in [0, 0.05) is 43.5 Å². The van der Waals surface area contributed by atoms with Gasteiger partial charge in [-0.1, -0.05) is 19.1 Å². The summed E-state index contributed by atoms with van der Waals surface area (Å²) in [5.41, 5.74) is 2.86. The predicted octanol–water partition coefficient (Wildman–Crippen LogP) is 4.09. The maximum absolute atomic E-state index is 12.2. The van der Waals surface area contributed by atoms with Gasteiger partial charge in [-0.3, -0.25) is 9.59 Å². The van der Waals surface area contributed by atoms with Gasteiger partial charge in [-0.2, -0.15) is 0 Å². The Morgan fingerprint density at radius 3 is 2.39 bits per heavy atom. The van der Waals surface area contributed by atoms with E-state index in [1.807, 2.05) is 36.4 Å². The van der Waals surface area contributed by atoms with E-state index < -0.39 is 0 Å². The summed E-state index contributed by atoms with van der Waals surface area (Å²) in [6.45, 7) is 4.75. The second kappa shape index (κ2) is 11.2. The Balaban J connectivity index is 1.37. The van der Waals surface area contributed by atoms with Crippen LogP contribution < -0.4 is 20.3 Å². The summed E-state index contributed by atoms with van der Waals surface area (Å²) in [5, 5.41) is 5.61. The lowest BCUT2D eigenvalue weighted by atomic mass is 9.99. The van der Waals surface area contributed by atoms with Crippen LogP contribution in [0.2, 0.25) is 0 Å². The molecule has 1 fully saturated rings. The highest BCUT2D eigenvalue weighted by Gasteiger charge is 2.15. The number of anilines is 2. The molecule has 6 nitrogen and oxygen atoms in total. The quantitative estimate of drug-likeness (QED) is 0.630. The Hall–Kier alpha value is -3.28. The van der Waals surface area contributed by atoms with Gasteiger partial charge < -0.3 is 20.3 Å². The summed E-state index contributed by atoms with van der Waals surface area (Å²) in [5.74, 6) is 1.21. The molecule has 0 aromatic heterocycles. The highest BCUT2D eigenvalue weighted by Crippen LogP contribution is 2.24. The fraction of sp³-hybridized carbons (Fsp3) is 0.360. The van der Waals surface area contributed by atoms with E-state index in [1.54, 1.807) is 13.2 Å². The number of methoxy groups -OCH3 is 1. The smallest absolute Gasteiger partial charge is 0.244 e. The molecule has 0 unspecified atom stereocenters. The van der Waals surface area contributed by atoms with Crippen LogP contribution in [-0.2, 0) is 9.59 Å². The first-order chi connectivity index (χ1) is 15.0. The van der Waals surface area contributed by atoms with Crippen LogP contribution >= 0.6 is 0 Å². The SMILES string of the molecule is COc1ccc(/C=C/C(=O)NCCC(=O)Nc2ccc(N3CCC(C)CC3)cc2)cc1. The number of piperidine rings is 1. The van der Waals surface area contributed by atoms with Crippen LogP contribution in [0.1, 0.15) is 31.7 Å². The standard InChI is InChI=1S/C25H31N3O3/c1-19-14-17-28(18-15-19)22-8-6-21(7-9-22)27-25(30)13-16-26-24(29)12-5-20-3-10-23(31-2)11-4-20/h3-12,19H,13-18H2,1-2H3,(H,26,29)(H,27,30)/b12-5+. The number of nitrogens with one attached hydrogen (secondary N) is 2. The van der Waals surface area contributed by atoms with Gasteiger partial charge in [-0.25, -0.2) is 0 Å². The van der Waals surface area contributed by atoms with E-state index in [9.17, 15) is 9.59 Å². The Morgan fingerprint density at radius 2 is 1.74 bits per heavy atom. The molecule has 0 aliphatic carbocycles. The summed E-state index contributed by atoms with van der Waals surface area (Å²) >= 11 is 0. The third kappa shape index (κ3) is 7.17. The summed E-state index contributed by atoms with van der Waals surface area (Å²) in [6.07, 6.45) is 5.84. The maximum atomic E-state index is 12.2. The molecule has 1 saturated heterocycles. The zero-order valence-corrected chi connectivity index (χ0v) is 18.3. The zero-order chi connectivity index (χ0) is 22.1. The van der Waals surface area contributed by atoms with E-state index in [0.29, 0.717) is 0 Å². The van der Waals surface area contributed by atoms with E-state index in [4.69, 9.17) is 4.74 Å². The molecule has 3 rings (SSSR count). The van der Waals surface area contributed by atoms with E-state index >= 15 is 0 Å². The average Bonchev–Trinajstić information content (AvgIpc) is 2.79. The topological polar surface area (TPSA) is 70.7 Å². The molecule has 2 aromatic rings. The van der Waals surface area contributed by atoms with Crippen LogP contribution in [0.15, 0.2) is 54.6 Å². The zero-order valence-electron chi connectivity index (χ0n) is 18.3. The molecule has 164 valence electrons. The van der Waals surface area contributed by atoms with Gasteiger partial charge in [0.25, 0.3) is 0 Å². The third-order valence-electron chi connectivity index (χ3n) is 5.49.